The van der Waals surface area contributed by atoms with Gasteiger partial charge in [-0.25, -0.2) is 0 Å². The summed E-state index contributed by atoms with van der Waals surface area (Å²) in [5.41, 5.74) is 13.4. The number of hydrogen-bond donors (Lipinski definition) is 6. The van der Waals surface area contributed by atoms with Crippen LogP contribution in [-0.4, -0.2) is 74.9 Å². The lowest BCUT2D eigenvalue weighted by Crippen LogP contribution is -2.61. The van der Waals surface area contributed by atoms with E-state index in [1.165, 1.54) is 35.7 Å². The van der Waals surface area contributed by atoms with Gasteiger partial charge in [0.05, 0.1) is 6.04 Å². The van der Waals surface area contributed by atoms with Gasteiger partial charge in [0.25, 0.3) is 0 Å². The van der Waals surface area contributed by atoms with E-state index in [1.54, 1.807) is 12.1 Å². The van der Waals surface area contributed by atoms with Crippen molar-refractivity contribution < 1.29 is 24.3 Å². The highest BCUT2D eigenvalue weighted by Gasteiger charge is 2.38. The Balaban J connectivity index is 1.81. The highest BCUT2D eigenvalue weighted by molar-refractivity contribution is 8.03. The minimum atomic E-state index is -1.02. The van der Waals surface area contributed by atoms with E-state index in [2.05, 4.69) is 16.0 Å². The molecular weight excluding hydrogens is 550 g/mol. The summed E-state index contributed by atoms with van der Waals surface area (Å²) in [5, 5.41) is 17.8. The van der Waals surface area contributed by atoms with Gasteiger partial charge in [-0.05, 0) is 43.5 Å². The van der Waals surface area contributed by atoms with Crippen molar-refractivity contribution in [2.24, 2.45) is 11.5 Å². The quantitative estimate of drug-likeness (QED) is 0.274. The summed E-state index contributed by atoms with van der Waals surface area (Å²) in [6, 6.07) is 11.7. The predicted octanol–water partition coefficient (Wildman–Crippen LogP) is 0.703. The molecule has 0 spiro atoms. The summed E-state index contributed by atoms with van der Waals surface area (Å²) in [5.74, 6) is -0.599. The van der Waals surface area contributed by atoms with Crippen LogP contribution >= 0.6 is 23.5 Å². The van der Waals surface area contributed by atoms with Gasteiger partial charge in [-0.15, -0.1) is 0 Å². The second-order valence-corrected chi connectivity index (χ2v) is 13.1. The number of nitrogens with one attached hydrogen (secondary N) is 3. The molecule has 1 heterocycles. The second-order valence-electron chi connectivity index (χ2n) is 10.2. The number of rotatable bonds is 7. The van der Waals surface area contributed by atoms with Crippen molar-refractivity contribution in [2.75, 3.05) is 17.3 Å². The first-order valence-electron chi connectivity index (χ1n) is 13.0. The Labute approximate surface area is 242 Å². The van der Waals surface area contributed by atoms with E-state index in [1.807, 2.05) is 44.2 Å². The van der Waals surface area contributed by atoms with Crippen LogP contribution in [0.4, 0.5) is 0 Å². The van der Waals surface area contributed by atoms with Gasteiger partial charge in [0, 0.05) is 28.4 Å². The van der Waals surface area contributed by atoms with Crippen LogP contribution in [0.1, 0.15) is 25.0 Å². The molecule has 3 rings (SSSR count). The van der Waals surface area contributed by atoms with E-state index < -0.39 is 52.5 Å². The van der Waals surface area contributed by atoms with Gasteiger partial charge in [0.1, 0.15) is 23.9 Å². The Bertz CT molecular complexity index is 1180. The van der Waals surface area contributed by atoms with Crippen molar-refractivity contribution in [3.05, 3.63) is 65.7 Å². The van der Waals surface area contributed by atoms with Crippen LogP contribution in [-0.2, 0) is 32.0 Å². The lowest BCUT2D eigenvalue weighted by molar-refractivity contribution is -0.133. The van der Waals surface area contributed by atoms with E-state index in [4.69, 9.17) is 11.5 Å². The normalized spacial score (nSPS) is 22.8. The van der Waals surface area contributed by atoms with E-state index in [9.17, 15) is 24.3 Å². The summed E-state index contributed by atoms with van der Waals surface area (Å²) in [4.78, 5) is 52.3. The second kappa shape index (κ2) is 14.4. The van der Waals surface area contributed by atoms with E-state index in [-0.39, 0.29) is 24.3 Å². The Morgan fingerprint density at radius 3 is 2.35 bits per heavy atom. The van der Waals surface area contributed by atoms with Gasteiger partial charge in [-0.1, -0.05) is 42.5 Å². The Hall–Kier alpha value is -3.22. The van der Waals surface area contributed by atoms with Gasteiger partial charge in [-0.2, -0.15) is 23.5 Å². The molecule has 0 unspecified atom stereocenters. The number of carbonyl (C=O) groups is 4. The largest absolute Gasteiger partial charge is 0.508 e. The number of primary amides is 1. The molecule has 0 aromatic heterocycles. The van der Waals surface area contributed by atoms with Gasteiger partial charge < -0.3 is 32.5 Å². The maximum Gasteiger partial charge on any atom is 0.244 e. The molecule has 0 aliphatic carbocycles. The monoisotopic (exact) mass is 587 g/mol. The number of nitrogens with two attached hydrogens (primary N) is 2. The first kappa shape index (κ1) is 31.3. The third kappa shape index (κ3) is 9.17. The Morgan fingerprint density at radius 2 is 1.70 bits per heavy atom. The van der Waals surface area contributed by atoms with Gasteiger partial charge >= 0.3 is 0 Å². The first-order valence-corrected chi connectivity index (χ1v) is 15.1. The molecule has 1 aliphatic rings. The molecule has 2 aromatic carbocycles. The molecule has 8 N–H and O–H groups in total. The summed E-state index contributed by atoms with van der Waals surface area (Å²) in [6.45, 7) is 3.70. The predicted molar refractivity (Wildman–Crippen MR) is 159 cm³/mol. The van der Waals surface area contributed by atoms with Crippen molar-refractivity contribution in [3.63, 3.8) is 0 Å². The zero-order valence-electron chi connectivity index (χ0n) is 22.6. The highest BCUT2D eigenvalue weighted by Crippen LogP contribution is 2.29. The fourth-order valence-electron chi connectivity index (χ4n) is 4.25. The van der Waals surface area contributed by atoms with Crippen LogP contribution in [0, 0.1) is 0 Å². The Kier molecular flexibility index (Phi) is 11.3. The zero-order chi connectivity index (χ0) is 29.3. The molecule has 0 radical (unpaired) electrons. The number of phenols is 1. The molecule has 1 saturated heterocycles. The number of thioether (sulfide) groups is 2. The number of benzene rings is 2. The van der Waals surface area contributed by atoms with Gasteiger partial charge in [-0.3, -0.25) is 19.2 Å². The maximum atomic E-state index is 13.5. The molecule has 0 bridgehead atoms. The summed E-state index contributed by atoms with van der Waals surface area (Å²) in [7, 11) is 0. The van der Waals surface area contributed by atoms with E-state index >= 15 is 0 Å². The van der Waals surface area contributed by atoms with Crippen LogP contribution in [0.5, 0.6) is 5.75 Å². The summed E-state index contributed by atoms with van der Waals surface area (Å²) >= 11 is 2.98. The standard InChI is InChI=1S/C28H37N5O5S2/c1-28(2)23(24(30)35)33-26(37)21(15-17-6-4-3-5-7-17)31-27(38)22(16-39-12-13-40-28)32-25(36)20(29)14-18-8-10-19(34)11-9-18/h3-11,20-23,34H,12-16,29H2,1-2H3,(H2,30,35)(H,31,38)(H,32,36)(H,33,37)/t20-,21-,22+,23-/m0/s1. The number of aromatic hydroxyl groups is 1. The molecule has 4 atom stereocenters. The van der Waals surface area contributed by atoms with Crippen molar-refractivity contribution in [2.45, 2.75) is 55.6 Å². The van der Waals surface area contributed by atoms with Crippen molar-refractivity contribution in [3.8, 4) is 5.75 Å². The summed E-state index contributed by atoms with van der Waals surface area (Å²) < 4.78 is -0.688. The smallest absolute Gasteiger partial charge is 0.244 e. The van der Waals surface area contributed by atoms with Crippen LogP contribution < -0.4 is 27.4 Å². The third-order valence-corrected chi connectivity index (χ3v) is 9.24. The lowest BCUT2D eigenvalue weighted by Gasteiger charge is -2.33. The SMILES string of the molecule is CC1(C)SCCSC[C@@H](NC(=O)[C@@H](N)Cc2ccc(O)cc2)C(=O)N[C@@H](Cc2ccccc2)C(=O)N[C@H]1C(N)=O. The average molecular weight is 588 g/mol. The van der Waals surface area contributed by atoms with Crippen LogP contribution in [0.25, 0.3) is 0 Å². The average Bonchev–Trinajstić information content (AvgIpc) is 2.91. The molecule has 1 fully saturated rings. The van der Waals surface area contributed by atoms with Crippen molar-refractivity contribution in [1.29, 1.82) is 0 Å². The van der Waals surface area contributed by atoms with Crippen LogP contribution in [0.15, 0.2) is 54.6 Å². The van der Waals surface area contributed by atoms with Crippen molar-refractivity contribution in [1.82, 2.24) is 16.0 Å². The molecule has 10 nitrogen and oxygen atoms in total. The minimum Gasteiger partial charge on any atom is -0.508 e. The first-order chi connectivity index (χ1) is 19.0. The lowest BCUT2D eigenvalue weighted by atomic mass is 10.00. The number of hydrogen-bond acceptors (Lipinski definition) is 8. The molecular formula is C28H37N5O5S2. The van der Waals surface area contributed by atoms with E-state index in [0.29, 0.717) is 11.5 Å². The van der Waals surface area contributed by atoms with Crippen LogP contribution in [0.3, 0.4) is 0 Å². The number of amides is 4. The zero-order valence-corrected chi connectivity index (χ0v) is 24.2. The van der Waals surface area contributed by atoms with Gasteiger partial charge in [0.2, 0.25) is 23.6 Å². The molecule has 4 amide bonds. The fourth-order valence-corrected chi connectivity index (χ4v) is 6.56. The van der Waals surface area contributed by atoms with E-state index in [0.717, 1.165) is 11.1 Å². The van der Waals surface area contributed by atoms with Gasteiger partial charge in [0.15, 0.2) is 0 Å². The number of carbonyl (C=O) groups excluding carboxylic acids is 4. The molecule has 0 saturated carbocycles. The molecule has 216 valence electrons. The van der Waals surface area contributed by atoms with Crippen molar-refractivity contribution >= 4 is 47.2 Å². The molecule has 1 aliphatic heterocycles. The molecule has 2 aromatic rings. The molecule has 12 heteroatoms. The number of phenolic OH excluding ortho intramolecular Hbond substituents is 1. The highest BCUT2D eigenvalue weighted by atomic mass is 32.2. The summed E-state index contributed by atoms with van der Waals surface area (Å²) in [6.07, 6.45) is 0.387. The topological polar surface area (TPSA) is 177 Å². The maximum absolute atomic E-state index is 13.5. The van der Waals surface area contributed by atoms with Crippen LogP contribution in [0.2, 0.25) is 0 Å². The molecule has 40 heavy (non-hydrogen) atoms. The fraction of sp³-hybridized carbons (Fsp3) is 0.429. The Morgan fingerprint density at radius 1 is 1.02 bits per heavy atom. The minimum absolute atomic E-state index is 0.109. The third-order valence-electron chi connectivity index (χ3n) is 6.53.